The molecule has 2 heterocycles. The first-order valence-electron chi connectivity index (χ1n) is 13.8. The van der Waals surface area contributed by atoms with Crippen molar-refractivity contribution in [3.63, 3.8) is 0 Å². The molecule has 0 bridgehead atoms. The lowest BCUT2D eigenvalue weighted by atomic mass is 9.80. The smallest absolute Gasteiger partial charge is 0.258 e. The van der Waals surface area contributed by atoms with Gasteiger partial charge in [0.05, 0.1) is 11.1 Å². The van der Waals surface area contributed by atoms with Gasteiger partial charge < -0.3 is 14.7 Å². The van der Waals surface area contributed by atoms with E-state index in [0.717, 1.165) is 31.2 Å². The van der Waals surface area contributed by atoms with Crippen molar-refractivity contribution < 1.29 is 19.0 Å². The summed E-state index contributed by atoms with van der Waals surface area (Å²) < 4.78 is 13.1. The van der Waals surface area contributed by atoms with Crippen molar-refractivity contribution in [1.29, 1.82) is 0 Å². The van der Waals surface area contributed by atoms with Gasteiger partial charge in [-0.2, -0.15) is 0 Å². The quantitative estimate of drug-likeness (QED) is 0.277. The average Bonchev–Trinajstić information content (AvgIpc) is 3.22. The van der Waals surface area contributed by atoms with Crippen LogP contribution in [0.2, 0.25) is 0 Å². The van der Waals surface area contributed by atoms with Gasteiger partial charge in [0, 0.05) is 47.9 Å². The van der Waals surface area contributed by atoms with Crippen molar-refractivity contribution in [3.8, 4) is 0 Å². The molecule has 1 aromatic rings. The summed E-state index contributed by atoms with van der Waals surface area (Å²) >= 11 is 0. The minimum Gasteiger partial charge on any atom is -0.344 e. The van der Waals surface area contributed by atoms with Gasteiger partial charge in [-0.1, -0.05) is 74.0 Å². The maximum Gasteiger partial charge on any atom is 0.258 e. The molecule has 0 saturated carbocycles. The fourth-order valence-electron chi connectivity index (χ4n) is 5.59. The highest BCUT2D eigenvalue weighted by molar-refractivity contribution is 7.58. The standard InChI is InChI=1S/C30H45N2O4P/c1-9-20(4)17-30(8,11-3)19-37(35,36)14-12-13-31-22(6)24-15-25-23(7)32(18-21(5)10-2)29(34)27(25)16-26(24)28(31)33/h15-16,20-21H,6-7,9-14,17-19H2,1-5,8H3,(H,35,36). The van der Waals surface area contributed by atoms with Gasteiger partial charge in [-0.15, -0.1) is 0 Å². The van der Waals surface area contributed by atoms with Gasteiger partial charge in [0.15, 0.2) is 0 Å². The Bertz CT molecular complexity index is 1090. The summed E-state index contributed by atoms with van der Waals surface area (Å²) in [6.07, 6.45) is 4.72. The second kappa shape index (κ2) is 11.3. The van der Waals surface area contributed by atoms with E-state index >= 15 is 0 Å². The highest BCUT2D eigenvalue weighted by Gasteiger charge is 2.39. The number of hydrogen-bond acceptors (Lipinski definition) is 3. The molecule has 37 heavy (non-hydrogen) atoms. The van der Waals surface area contributed by atoms with Crippen molar-refractivity contribution in [2.24, 2.45) is 17.3 Å². The summed E-state index contributed by atoms with van der Waals surface area (Å²) in [5.74, 6) is 0.546. The Labute approximate surface area is 223 Å². The molecule has 1 N–H and O–H groups in total. The summed E-state index contributed by atoms with van der Waals surface area (Å²) in [7, 11) is -3.35. The Morgan fingerprint density at radius 1 is 0.919 bits per heavy atom. The van der Waals surface area contributed by atoms with Crippen molar-refractivity contribution in [1.82, 2.24) is 9.80 Å². The van der Waals surface area contributed by atoms with E-state index in [1.165, 1.54) is 0 Å². The first-order valence-corrected chi connectivity index (χ1v) is 15.8. The van der Waals surface area contributed by atoms with E-state index in [2.05, 4.69) is 54.7 Å². The maximum absolute atomic E-state index is 13.3. The van der Waals surface area contributed by atoms with E-state index in [1.807, 2.05) is 6.07 Å². The Kier molecular flexibility index (Phi) is 8.97. The lowest BCUT2D eigenvalue weighted by molar-refractivity contribution is 0.0835. The lowest BCUT2D eigenvalue weighted by Gasteiger charge is -2.33. The lowest BCUT2D eigenvalue weighted by Crippen LogP contribution is -2.28. The molecule has 0 aromatic heterocycles. The van der Waals surface area contributed by atoms with E-state index < -0.39 is 7.37 Å². The number of carbonyl (C=O) groups is 2. The van der Waals surface area contributed by atoms with Gasteiger partial charge in [0.1, 0.15) is 0 Å². The summed E-state index contributed by atoms with van der Waals surface area (Å²) in [5, 5.41) is 0. The van der Waals surface area contributed by atoms with Crippen LogP contribution in [0.5, 0.6) is 0 Å². The molecule has 0 saturated heterocycles. The van der Waals surface area contributed by atoms with Crippen molar-refractivity contribution in [3.05, 3.63) is 47.5 Å². The molecular weight excluding hydrogens is 483 g/mol. The molecule has 3 rings (SSSR count). The minimum atomic E-state index is -3.35. The third-order valence-corrected chi connectivity index (χ3v) is 10.8. The minimum absolute atomic E-state index is 0.113. The molecule has 2 aliphatic rings. The van der Waals surface area contributed by atoms with Crippen molar-refractivity contribution in [2.45, 2.75) is 73.6 Å². The second-order valence-electron chi connectivity index (χ2n) is 11.7. The van der Waals surface area contributed by atoms with Gasteiger partial charge >= 0.3 is 0 Å². The van der Waals surface area contributed by atoms with E-state index in [-0.39, 0.29) is 23.4 Å². The first kappa shape index (κ1) is 29.4. The van der Waals surface area contributed by atoms with Gasteiger partial charge in [0.2, 0.25) is 7.37 Å². The van der Waals surface area contributed by atoms with Crippen molar-refractivity contribution >= 4 is 30.6 Å². The molecule has 0 spiro atoms. The molecule has 2 amide bonds. The van der Waals surface area contributed by atoms with E-state index in [4.69, 9.17) is 0 Å². The van der Waals surface area contributed by atoms with Crippen LogP contribution in [0.1, 0.15) is 105 Å². The maximum atomic E-state index is 13.3. The van der Waals surface area contributed by atoms with Crippen LogP contribution in [-0.4, -0.2) is 51.9 Å². The number of benzene rings is 1. The van der Waals surface area contributed by atoms with Crippen LogP contribution >= 0.6 is 7.37 Å². The third kappa shape index (κ3) is 6.12. The zero-order chi connectivity index (χ0) is 27.7. The fraction of sp³-hybridized carbons (Fsp3) is 0.600. The van der Waals surface area contributed by atoms with Crippen LogP contribution in [-0.2, 0) is 4.57 Å². The molecule has 0 fully saturated rings. The molecule has 7 heteroatoms. The zero-order valence-electron chi connectivity index (χ0n) is 23.6. The third-order valence-electron chi connectivity index (χ3n) is 8.48. The molecule has 0 aliphatic carbocycles. The van der Waals surface area contributed by atoms with Crippen LogP contribution in [0.3, 0.4) is 0 Å². The number of hydrogen-bond donors (Lipinski definition) is 1. The van der Waals surface area contributed by atoms with Crippen LogP contribution in [0.15, 0.2) is 25.3 Å². The van der Waals surface area contributed by atoms with E-state index in [1.54, 1.807) is 15.9 Å². The van der Waals surface area contributed by atoms with Crippen molar-refractivity contribution in [2.75, 3.05) is 25.4 Å². The monoisotopic (exact) mass is 528 g/mol. The molecule has 4 unspecified atom stereocenters. The van der Waals surface area contributed by atoms with Gasteiger partial charge in [-0.3, -0.25) is 14.2 Å². The number of carbonyl (C=O) groups excluding carboxylic acids is 2. The van der Waals surface area contributed by atoms with E-state index in [9.17, 15) is 19.0 Å². The highest BCUT2D eigenvalue weighted by atomic mass is 31.2. The summed E-state index contributed by atoms with van der Waals surface area (Å²) in [6, 6.07) is 3.54. The van der Waals surface area contributed by atoms with Crippen LogP contribution in [0.25, 0.3) is 11.4 Å². The molecule has 6 nitrogen and oxygen atoms in total. The summed E-state index contributed by atoms with van der Waals surface area (Å²) in [4.78, 5) is 40.5. The SMILES string of the molecule is C=C1c2cc3c(cc2C(=O)N1CCCP(=O)(O)CC(C)(CC)CC(C)CC)C(=O)N(CC(C)CC)C3=C. The topological polar surface area (TPSA) is 77.9 Å². The predicted molar refractivity (Wildman–Crippen MR) is 153 cm³/mol. The molecule has 2 aliphatic heterocycles. The van der Waals surface area contributed by atoms with Crippen LogP contribution in [0.4, 0.5) is 0 Å². The summed E-state index contributed by atoms with van der Waals surface area (Å²) in [5.41, 5.74) is 3.52. The number of rotatable bonds is 13. The predicted octanol–water partition coefficient (Wildman–Crippen LogP) is 7.10. The Hall–Kier alpha value is -2.17. The molecule has 4 atom stereocenters. The number of amides is 2. The molecule has 1 aromatic carbocycles. The number of nitrogens with zero attached hydrogens (tertiary/aromatic N) is 2. The molecule has 0 radical (unpaired) electrons. The normalized spacial score (nSPS) is 20.1. The Morgan fingerprint density at radius 2 is 1.43 bits per heavy atom. The number of fused-ring (bicyclic) bond motifs is 2. The largest absolute Gasteiger partial charge is 0.344 e. The first-order chi connectivity index (χ1) is 17.3. The molecule has 204 valence electrons. The van der Waals surface area contributed by atoms with Gasteiger partial charge in [-0.05, 0) is 42.2 Å². The highest BCUT2D eigenvalue weighted by Crippen LogP contribution is 2.50. The Balaban J connectivity index is 1.68. The van der Waals surface area contributed by atoms with Crippen LogP contribution < -0.4 is 0 Å². The van der Waals surface area contributed by atoms with Gasteiger partial charge in [0.25, 0.3) is 11.8 Å². The van der Waals surface area contributed by atoms with Gasteiger partial charge in [-0.25, -0.2) is 0 Å². The molecular formula is C30H45N2O4P. The zero-order valence-corrected chi connectivity index (χ0v) is 24.5. The summed E-state index contributed by atoms with van der Waals surface area (Å²) in [6.45, 7) is 22.0. The van der Waals surface area contributed by atoms with Crippen LogP contribution in [0, 0.1) is 17.3 Å². The Morgan fingerprint density at radius 3 is 1.97 bits per heavy atom. The van der Waals surface area contributed by atoms with E-state index in [0.29, 0.717) is 65.6 Å². The fourth-order valence-corrected chi connectivity index (χ4v) is 7.93. The average molecular weight is 529 g/mol. The second-order valence-corrected chi connectivity index (χ2v) is 14.1.